The molecule has 0 aliphatic carbocycles. The fraction of sp³-hybridized carbons (Fsp3) is 0.562. The Hall–Kier alpha value is -2.88. The lowest BCUT2D eigenvalue weighted by Gasteiger charge is -2.32. The van der Waals surface area contributed by atoms with E-state index in [0.717, 1.165) is 26.1 Å². The largest absolute Gasteiger partial charge is 0.493 e. The topological polar surface area (TPSA) is 135 Å². The summed E-state index contributed by atoms with van der Waals surface area (Å²) in [7, 11) is 2.79. The summed E-state index contributed by atoms with van der Waals surface area (Å²) in [6.45, 7) is 4.28. The minimum atomic E-state index is -0.527. The first-order valence-electron chi connectivity index (χ1n) is 8.46. The molecule has 2 N–H and O–H groups in total. The minimum absolute atomic E-state index is 0.238. The van der Waals surface area contributed by atoms with Crippen molar-refractivity contribution in [1.82, 2.24) is 9.96 Å². The molecule has 11 nitrogen and oxygen atoms in total. The van der Waals surface area contributed by atoms with E-state index in [1.165, 1.54) is 20.3 Å². The van der Waals surface area contributed by atoms with Gasteiger partial charge in [0, 0.05) is 49.8 Å². The number of piperazine rings is 1. The highest BCUT2D eigenvalue weighted by atomic mass is 16.8. The summed E-state index contributed by atoms with van der Waals surface area (Å²) in [5.41, 5.74) is 14.6. The summed E-state index contributed by atoms with van der Waals surface area (Å²) in [5, 5.41) is 4.72. The first-order valence-corrected chi connectivity index (χ1v) is 8.46. The Balaban J connectivity index is 1.79. The second-order valence-corrected chi connectivity index (χ2v) is 5.81. The summed E-state index contributed by atoms with van der Waals surface area (Å²) >= 11 is 0. The maximum absolute atomic E-state index is 11.7. The number of ether oxygens (including phenoxy) is 3. The molecule has 0 radical (unpaired) electrons. The van der Waals surface area contributed by atoms with Gasteiger partial charge in [-0.3, -0.25) is 0 Å². The Labute approximate surface area is 157 Å². The lowest BCUT2D eigenvalue weighted by molar-refractivity contribution is -0.179. The minimum Gasteiger partial charge on any atom is -0.493 e. The standard InChI is InChI=1S/C16H24N6O5/c1-24-14-10-12(16(23)25-2)13(17)11-15(14)26-9-3-4-21-5-7-22(8-6-21)27-20-19-18/h10-11H,3-9,17H2,1-2H3. The molecule has 1 aromatic carbocycles. The molecule has 1 saturated heterocycles. The predicted molar refractivity (Wildman–Crippen MR) is 97.1 cm³/mol. The zero-order chi connectivity index (χ0) is 19.6. The summed E-state index contributed by atoms with van der Waals surface area (Å²) in [6, 6.07) is 3.08. The summed E-state index contributed by atoms with van der Waals surface area (Å²) in [4.78, 5) is 21.4. The van der Waals surface area contributed by atoms with Crippen molar-refractivity contribution < 1.29 is 23.9 Å². The van der Waals surface area contributed by atoms with Crippen LogP contribution in [0.3, 0.4) is 0 Å². The third kappa shape index (κ3) is 5.81. The first kappa shape index (κ1) is 20.4. The number of azide groups is 1. The van der Waals surface area contributed by atoms with E-state index in [9.17, 15) is 4.79 Å². The van der Waals surface area contributed by atoms with Gasteiger partial charge in [-0.2, -0.15) is 0 Å². The van der Waals surface area contributed by atoms with Crippen LogP contribution in [0.25, 0.3) is 10.4 Å². The molecule has 1 aromatic rings. The Kier molecular flexibility index (Phi) is 7.80. The van der Waals surface area contributed by atoms with E-state index >= 15 is 0 Å². The molecule has 0 spiro atoms. The van der Waals surface area contributed by atoms with Crippen molar-refractivity contribution >= 4 is 11.7 Å². The van der Waals surface area contributed by atoms with Gasteiger partial charge in [-0.15, -0.1) is 5.06 Å². The van der Waals surface area contributed by atoms with Crippen LogP contribution in [0.2, 0.25) is 0 Å². The highest BCUT2D eigenvalue weighted by molar-refractivity contribution is 5.96. The number of benzene rings is 1. The van der Waals surface area contributed by atoms with Crippen molar-refractivity contribution in [1.29, 1.82) is 0 Å². The molecular weight excluding hydrogens is 356 g/mol. The van der Waals surface area contributed by atoms with Crippen molar-refractivity contribution in [2.75, 3.05) is 59.3 Å². The lowest BCUT2D eigenvalue weighted by Crippen LogP contribution is -2.45. The predicted octanol–water partition coefficient (Wildman–Crippen LogP) is 1.61. The van der Waals surface area contributed by atoms with Gasteiger partial charge >= 0.3 is 5.97 Å². The number of rotatable bonds is 9. The van der Waals surface area contributed by atoms with Gasteiger partial charge in [-0.25, -0.2) is 4.79 Å². The van der Waals surface area contributed by atoms with Crippen molar-refractivity contribution in [3.05, 3.63) is 28.1 Å². The monoisotopic (exact) mass is 380 g/mol. The van der Waals surface area contributed by atoms with Gasteiger partial charge in [-0.1, -0.05) is 0 Å². The molecular formula is C16H24N6O5. The van der Waals surface area contributed by atoms with Crippen LogP contribution in [0.4, 0.5) is 5.69 Å². The van der Waals surface area contributed by atoms with E-state index in [2.05, 4.69) is 15.1 Å². The van der Waals surface area contributed by atoms with Gasteiger partial charge in [0.1, 0.15) is 5.28 Å². The molecule has 0 bridgehead atoms. The Morgan fingerprint density at radius 2 is 2.00 bits per heavy atom. The van der Waals surface area contributed by atoms with E-state index < -0.39 is 5.97 Å². The fourth-order valence-electron chi connectivity index (χ4n) is 2.71. The van der Waals surface area contributed by atoms with Gasteiger partial charge < -0.3 is 29.8 Å². The van der Waals surface area contributed by atoms with Gasteiger partial charge in [0.2, 0.25) is 0 Å². The van der Waals surface area contributed by atoms with Crippen LogP contribution in [0.5, 0.6) is 11.5 Å². The van der Waals surface area contributed by atoms with Crippen LogP contribution in [-0.2, 0) is 9.68 Å². The number of hydrogen-bond acceptors (Lipinski definition) is 9. The summed E-state index contributed by atoms with van der Waals surface area (Å²) in [5.74, 6) is 0.379. The third-order valence-electron chi connectivity index (χ3n) is 4.14. The molecule has 0 aromatic heterocycles. The molecule has 0 unspecified atom stereocenters. The average Bonchev–Trinajstić information content (AvgIpc) is 2.70. The van der Waals surface area contributed by atoms with Gasteiger partial charge in [0.15, 0.2) is 11.5 Å². The molecule has 148 valence electrons. The molecule has 0 atom stereocenters. The van der Waals surface area contributed by atoms with E-state index in [1.807, 2.05) is 0 Å². The van der Waals surface area contributed by atoms with Gasteiger partial charge in [-0.05, 0) is 12.0 Å². The zero-order valence-electron chi connectivity index (χ0n) is 15.5. The molecule has 1 heterocycles. The van der Waals surface area contributed by atoms with Crippen molar-refractivity contribution in [2.24, 2.45) is 5.28 Å². The Bertz CT molecular complexity index is 686. The zero-order valence-corrected chi connectivity index (χ0v) is 15.5. The molecule has 2 rings (SSSR count). The van der Waals surface area contributed by atoms with Crippen LogP contribution >= 0.6 is 0 Å². The number of anilines is 1. The maximum Gasteiger partial charge on any atom is 0.340 e. The van der Waals surface area contributed by atoms with Crippen molar-refractivity contribution in [2.45, 2.75) is 6.42 Å². The maximum atomic E-state index is 11.7. The van der Waals surface area contributed by atoms with E-state index in [-0.39, 0.29) is 11.3 Å². The normalized spacial score (nSPS) is 14.9. The number of nitrogen functional groups attached to an aromatic ring is 1. The van der Waals surface area contributed by atoms with Gasteiger partial charge in [0.05, 0.1) is 32.1 Å². The fourth-order valence-corrected chi connectivity index (χ4v) is 2.71. The number of nitrogens with zero attached hydrogens (tertiary/aromatic N) is 5. The van der Waals surface area contributed by atoms with Crippen LogP contribution in [0, 0.1) is 0 Å². The van der Waals surface area contributed by atoms with E-state index in [0.29, 0.717) is 31.2 Å². The number of carbonyl (C=O) groups is 1. The molecule has 27 heavy (non-hydrogen) atoms. The molecule has 1 aliphatic rings. The summed E-state index contributed by atoms with van der Waals surface area (Å²) < 4.78 is 15.7. The third-order valence-corrected chi connectivity index (χ3v) is 4.14. The average molecular weight is 380 g/mol. The highest BCUT2D eigenvalue weighted by Gasteiger charge is 2.18. The number of nitrogens with two attached hydrogens (primary N) is 1. The van der Waals surface area contributed by atoms with Gasteiger partial charge in [0.25, 0.3) is 0 Å². The summed E-state index contributed by atoms with van der Waals surface area (Å²) in [6.07, 6.45) is 0.805. The second kappa shape index (κ2) is 10.3. The first-order chi connectivity index (χ1) is 13.1. The Morgan fingerprint density at radius 1 is 1.26 bits per heavy atom. The van der Waals surface area contributed by atoms with Crippen LogP contribution < -0.4 is 15.2 Å². The molecule has 1 fully saturated rings. The SMILES string of the molecule is COC(=O)c1cc(OC)c(OCCCN2CCN(ON=[N+]=[N-])CC2)cc1N. The molecule has 0 amide bonds. The Morgan fingerprint density at radius 3 is 2.63 bits per heavy atom. The van der Waals surface area contributed by atoms with Crippen LogP contribution in [-0.4, -0.2) is 69.5 Å². The number of hydroxylamine groups is 2. The molecule has 0 saturated carbocycles. The molecule has 11 heteroatoms. The van der Waals surface area contributed by atoms with Crippen molar-refractivity contribution in [3.63, 3.8) is 0 Å². The second-order valence-electron chi connectivity index (χ2n) is 5.81. The number of hydrogen-bond donors (Lipinski definition) is 1. The van der Waals surface area contributed by atoms with Crippen LogP contribution in [0.1, 0.15) is 16.8 Å². The molecule has 1 aliphatic heterocycles. The number of esters is 1. The van der Waals surface area contributed by atoms with Crippen molar-refractivity contribution in [3.8, 4) is 11.5 Å². The quantitative estimate of drug-likeness (QED) is 0.130. The smallest absolute Gasteiger partial charge is 0.340 e. The van der Waals surface area contributed by atoms with Crippen LogP contribution in [0.15, 0.2) is 17.4 Å². The lowest BCUT2D eigenvalue weighted by atomic mass is 10.1. The number of carbonyl (C=O) groups excluding carboxylic acids is 1. The number of methoxy groups -OCH3 is 2. The van der Waals surface area contributed by atoms with E-state index in [4.69, 9.17) is 30.4 Å². The highest BCUT2D eigenvalue weighted by Crippen LogP contribution is 2.32. The van der Waals surface area contributed by atoms with E-state index in [1.54, 1.807) is 11.1 Å².